The molecule has 1 fully saturated rings. The van der Waals surface area contributed by atoms with E-state index in [1.165, 1.54) is 0 Å². The van der Waals surface area contributed by atoms with Crippen LogP contribution >= 0.6 is 0 Å². The molecule has 1 saturated heterocycles. The Kier molecular flexibility index (Phi) is 3.24. The Labute approximate surface area is 102 Å². The lowest BCUT2D eigenvalue weighted by Gasteiger charge is -2.41. The second kappa shape index (κ2) is 4.53. The van der Waals surface area contributed by atoms with E-state index in [9.17, 15) is 4.79 Å². The average Bonchev–Trinajstić information content (AvgIpc) is 2.67. The van der Waals surface area contributed by atoms with Gasteiger partial charge in [0.05, 0.1) is 6.26 Å². The molecule has 1 aromatic heterocycles. The van der Waals surface area contributed by atoms with Crippen LogP contribution in [0, 0.1) is 6.92 Å². The fraction of sp³-hybridized carbons (Fsp3) is 0.615. The van der Waals surface area contributed by atoms with Crippen molar-refractivity contribution in [2.45, 2.75) is 51.7 Å². The van der Waals surface area contributed by atoms with E-state index < -0.39 is 0 Å². The summed E-state index contributed by atoms with van der Waals surface area (Å²) in [7, 11) is 0. The summed E-state index contributed by atoms with van der Waals surface area (Å²) in [5, 5.41) is 0. The predicted molar refractivity (Wildman–Crippen MR) is 65.4 cm³/mol. The van der Waals surface area contributed by atoms with Gasteiger partial charge in [-0.3, -0.25) is 4.79 Å². The predicted octanol–water partition coefficient (Wildman–Crippen LogP) is 1.99. The number of piperidine rings is 1. The number of amides is 1. The summed E-state index contributed by atoms with van der Waals surface area (Å²) < 4.78 is 5.53. The summed E-state index contributed by atoms with van der Waals surface area (Å²) in [6, 6.07) is 1.90. The van der Waals surface area contributed by atoms with Gasteiger partial charge in [0, 0.05) is 18.5 Å². The van der Waals surface area contributed by atoms with Crippen LogP contribution in [-0.4, -0.2) is 22.9 Å². The van der Waals surface area contributed by atoms with E-state index in [4.69, 9.17) is 10.2 Å². The number of rotatable bonds is 2. The molecular weight excluding hydrogens is 216 g/mol. The normalized spacial score (nSPS) is 25.7. The minimum Gasteiger partial charge on any atom is -0.467 e. The number of likely N-dealkylation sites (tertiary alicyclic amines) is 1. The maximum atomic E-state index is 12.0. The first-order valence-electron chi connectivity index (χ1n) is 6.13. The first-order valence-corrected chi connectivity index (χ1v) is 6.13. The van der Waals surface area contributed by atoms with Crippen LogP contribution in [0.1, 0.15) is 44.1 Å². The molecule has 1 aliphatic heterocycles. The van der Waals surface area contributed by atoms with Crippen LogP contribution in [0.2, 0.25) is 0 Å². The molecule has 0 radical (unpaired) electrons. The number of hydrogen-bond donors (Lipinski definition) is 1. The summed E-state index contributed by atoms with van der Waals surface area (Å²) >= 11 is 0. The van der Waals surface area contributed by atoms with E-state index in [2.05, 4.69) is 0 Å². The fourth-order valence-corrected chi connectivity index (χ4v) is 2.56. The van der Waals surface area contributed by atoms with Crippen molar-refractivity contribution in [3.63, 3.8) is 0 Å². The van der Waals surface area contributed by atoms with Crippen LogP contribution in [0.15, 0.2) is 16.7 Å². The molecule has 1 aromatic rings. The van der Waals surface area contributed by atoms with Crippen molar-refractivity contribution in [1.82, 2.24) is 4.90 Å². The number of carbonyl (C=O) groups excluding carboxylic acids is 1. The highest BCUT2D eigenvalue weighted by Crippen LogP contribution is 2.34. The van der Waals surface area contributed by atoms with Gasteiger partial charge in [0.25, 0.3) is 0 Å². The zero-order valence-electron chi connectivity index (χ0n) is 10.6. The Hall–Kier alpha value is -1.29. The van der Waals surface area contributed by atoms with Gasteiger partial charge in [-0.1, -0.05) is 0 Å². The van der Waals surface area contributed by atoms with Gasteiger partial charge in [0.2, 0.25) is 5.91 Å². The minimum atomic E-state index is -0.119. The number of nitrogens with zero attached hydrogens (tertiary/aromatic N) is 1. The van der Waals surface area contributed by atoms with Gasteiger partial charge in [0.15, 0.2) is 0 Å². The molecule has 2 atom stereocenters. The third kappa shape index (κ3) is 2.09. The number of nitrogens with two attached hydrogens (primary N) is 1. The molecule has 4 nitrogen and oxygen atoms in total. The van der Waals surface area contributed by atoms with Crippen LogP contribution < -0.4 is 5.73 Å². The summed E-state index contributed by atoms with van der Waals surface area (Å²) in [6.45, 7) is 6.02. The minimum absolute atomic E-state index is 0.0417. The van der Waals surface area contributed by atoms with Gasteiger partial charge in [0.1, 0.15) is 11.8 Å². The summed E-state index contributed by atoms with van der Waals surface area (Å²) in [5.41, 5.74) is 7.24. The third-order valence-corrected chi connectivity index (χ3v) is 3.41. The van der Waals surface area contributed by atoms with E-state index in [-0.39, 0.29) is 24.0 Å². The van der Waals surface area contributed by atoms with Crippen molar-refractivity contribution >= 4 is 5.91 Å². The molecule has 2 unspecified atom stereocenters. The van der Waals surface area contributed by atoms with Gasteiger partial charge in [-0.15, -0.1) is 0 Å². The second-order valence-corrected chi connectivity index (χ2v) is 5.01. The Balaban J connectivity index is 2.39. The molecule has 94 valence electrons. The van der Waals surface area contributed by atoms with Crippen LogP contribution in [0.25, 0.3) is 0 Å². The quantitative estimate of drug-likeness (QED) is 0.854. The maximum absolute atomic E-state index is 12.0. The zero-order valence-corrected chi connectivity index (χ0v) is 10.6. The molecule has 2 rings (SSSR count). The standard InChI is InChI=1S/C13H20N2O2/c1-8(2)15-11(16)5-4-10(14)12(15)13-9(3)6-7-17-13/h6-8,10,12H,4-5,14H2,1-3H3. The van der Waals surface area contributed by atoms with Gasteiger partial charge in [-0.2, -0.15) is 0 Å². The maximum Gasteiger partial charge on any atom is 0.223 e. The van der Waals surface area contributed by atoms with Crippen LogP contribution in [0.5, 0.6) is 0 Å². The van der Waals surface area contributed by atoms with Crippen molar-refractivity contribution < 1.29 is 9.21 Å². The highest BCUT2D eigenvalue weighted by atomic mass is 16.3. The van der Waals surface area contributed by atoms with Crippen LogP contribution in [0.4, 0.5) is 0 Å². The molecule has 1 amide bonds. The lowest BCUT2D eigenvalue weighted by Crippen LogP contribution is -2.51. The van der Waals surface area contributed by atoms with E-state index in [0.717, 1.165) is 17.7 Å². The molecule has 4 heteroatoms. The largest absolute Gasteiger partial charge is 0.467 e. The second-order valence-electron chi connectivity index (χ2n) is 5.01. The Morgan fingerprint density at radius 3 is 2.76 bits per heavy atom. The highest BCUT2D eigenvalue weighted by Gasteiger charge is 2.38. The Bertz CT molecular complexity index is 411. The fourth-order valence-electron chi connectivity index (χ4n) is 2.56. The summed E-state index contributed by atoms with van der Waals surface area (Å²) in [4.78, 5) is 13.9. The Morgan fingerprint density at radius 1 is 1.53 bits per heavy atom. The van der Waals surface area contributed by atoms with E-state index in [0.29, 0.717) is 6.42 Å². The molecular formula is C13H20N2O2. The SMILES string of the molecule is Cc1ccoc1C1C(N)CCC(=O)N1C(C)C. The zero-order chi connectivity index (χ0) is 12.6. The summed E-state index contributed by atoms with van der Waals surface area (Å²) in [5.74, 6) is 1.00. The number of aryl methyl sites for hydroxylation is 1. The number of hydrogen-bond acceptors (Lipinski definition) is 3. The first-order chi connectivity index (χ1) is 8.02. The molecule has 0 aliphatic carbocycles. The number of furan rings is 1. The van der Waals surface area contributed by atoms with Crippen LogP contribution in [0.3, 0.4) is 0 Å². The van der Waals surface area contributed by atoms with Crippen molar-refractivity contribution in [3.05, 3.63) is 23.7 Å². The average molecular weight is 236 g/mol. The van der Waals surface area contributed by atoms with E-state index in [1.54, 1.807) is 6.26 Å². The molecule has 0 aromatic carbocycles. The first kappa shape index (κ1) is 12.2. The van der Waals surface area contributed by atoms with Gasteiger partial charge in [-0.25, -0.2) is 0 Å². The van der Waals surface area contributed by atoms with E-state index in [1.807, 2.05) is 31.7 Å². The highest BCUT2D eigenvalue weighted by molar-refractivity contribution is 5.78. The third-order valence-electron chi connectivity index (χ3n) is 3.41. The van der Waals surface area contributed by atoms with Crippen molar-refractivity contribution in [2.75, 3.05) is 0 Å². The number of carbonyl (C=O) groups is 1. The molecule has 1 aliphatic rings. The molecule has 2 heterocycles. The molecule has 0 bridgehead atoms. The van der Waals surface area contributed by atoms with Crippen molar-refractivity contribution in [3.8, 4) is 0 Å². The van der Waals surface area contributed by atoms with Crippen molar-refractivity contribution in [2.24, 2.45) is 5.73 Å². The Morgan fingerprint density at radius 2 is 2.24 bits per heavy atom. The topological polar surface area (TPSA) is 59.5 Å². The molecule has 0 saturated carbocycles. The van der Waals surface area contributed by atoms with Gasteiger partial charge < -0.3 is 15.1 Å². The monoisotopic (exact) mass is 236 g/mol. The lowest BCUT2D eigenvalue weighted by atomic mass is 9.92. The van der Waals surface area contributed by atoms with Gasteiger partial charge >= 0.3 is 0 Å². The van der Waals surface area contributed by atoms with Crippen molar-refractivity contribution in [1.29, 1.82) is 0 Å². The lowest BCUT2D eigenvalue weighted by molar-refractivity contribution is -0.140. The van der Waals surface area contributed by atoms with Crippen LogP contribution in [-0.2, 0) is 4.79 Å². The molecule has 0 spiro atoms. The smallest absolute Gasteiger partial charge is 0.223 e. The summed E-state index contributed by atoms with van der Waals surface area (Å²) in [6.07, 6.45) is 2.93. The van der Waals surface area contributed by atoms with Gasteiger partial charge in [-0.05, 0) is 38.8 Å². The molecule has 17 heavy (non-hydrogen) atoms. The molecule has 2 N–H and O–H groups in total. The van der Waals surface area contributed by atoms with E-state index >= 15 is 0 Å².